The van der Waals surface area contributed by atoms with Crippen molar-refractivity contribution in [1.29, 1.82) is 0 Å². The van der Waals surface area contributed by atoms with Crippen LogP contribution in [0.2, 0.25) is 0 Å². The van der Waals surface area contributed by atoms with E-state index >= 15 is 0 Å². The van der Waals surface area contributed by atoms with E-state index in [9.17, 15) is 4.79 Å². The molecule has 0 saturated heterocycles. The molecule has 0 amide bonds. The van der Waals surface area contributed by atoms with Crippen LogP contribution in [0.3, 0.4) is 0 Å². The average molecular weight is 273 g/mol. The Morgan fingerprint density at radius 3 is 2.60 bits per heavy atom. The number of ether oxygens (including phenoxy) is 1. The van der Waals surface area contributed by atoms with Crippen molar-refractivity contribution in [2.24, 2.45) is 0 Å². The lowest BCUT2D eigenvalue weighted by molar-refractivity contribution is 0.0593. The van der Waals surface area contributed by atoms with Gasteiger partial charge in [0.2, 0.25) is 0 Å². The van der Waals surface area contributed by atoms with E-state index in [-0.39, 0.29) is 5.69 Å². The van der Waals surface area contributed by atoms with Crippen LogP contribution in [-0.2, 0) is 11.2 Å². The predicted molar refractivity (Wildman–Crippen MR) is 76.0 cm³/mol. The van der Waals surface area contributed by atoms with E-state index in [1.165, 1.54) is 25.5 Å². The van der Waals surface area contributed by atoms with Crippen LogP contribution in [0.5, 0.6) is 0 Å². The maximum atomic E-state index is 11.5. The number of aromatic nitrogens is 3. The van der Waals surface area contributed by atoms with Gasteiger partial charge in [0.05, 0.1) is 18.5 Å². The second-order valence-electron chi connectivity index (χ2n) is 4.70. The van der Waals surface area contributed by atoms with Gasteiger partial charge in [-0.1, -0.05) is 30.7 Å². The molecule has 0 aliphatic rings. The monoisotopic (exact) mass is 273 g/mol. The van der Waals surface area contributed by atoms with E-state index in [1.54, 1.807) is 11.6 Å². The zero-order chi connectivity index (χ0) is 14.5. The summed E-state index contributed by atoms with van der Waals surface area (Å²) in [5.74, 6) is -0.465. The van der Waals surface area contributed by atoms with E-state index in [0.29, 0.717) is 5.69 Å². The molecule has 5 nitrogen and oxygen atoms in total. The van der Waals surface area contributed by atoms with Crippen molar-refractivity contribution >= 4 is 5.97 Å². The summed E-state index contributed by atoms with van der Waals surface area (Å²) in [5, 5.41) is 7.89. The predicted octanol–water partition coefficient (Wildman–Crippen LogP) is 2.70. The number of rotatable bonds is 5. The summed E-state index contributed by atoms with van der Waals surface area (Å²) in [6.45, 7) is 3.98. The van der Waals surface area contributed by atoms with Crippen LogP contribution in [0.1, 0.15) is 41.5 Å². The van der Waals surface area contributed by atoms with Crippen molar-refractivity contribution in [2.75, 3.05) is 7.11 Å². The smallest absolute Gasteiger partial charge is 0.360 e. The highest BCUT2D eigenvalue weighted by atomic mass is 16.5. The number of nitrogens with zero attached hydrogens (tertiary/aromatic N) is 3. The lowest BCUT2D eigenvalue weighted by atomic mass is 10.1. The van der Waals surface area contributed by atoms with Crippen LogP contribution in [0.4, 0.5) is 0 Å². The Labute approximate surface area is 118 Å². The van der Waals surface area contributed by atoms with Crippen LogP contribution < -0.4 is 0 Å². The third kappa shape index (κ3) is 2.87. The molecule has 0 atom stereocenters. The Morgan fingerprint density at radius 1 is 1.30 bits per heavy atom. The van der Waals surface area contributed by atoms with E-state index in [2.05, 4.69) is 34.1 Å². The van der Waals surface area contributed by atoms with Gasteiger partial charge in [0.25, 0.3) is 0 Å². The van der Waals surface area contributed by atoms with E-state index in [0.717, 1.165) is 12.1 Å². The zero-order valence-electron chi connectivity index (χ0n) is 12.1. The Balaban J connectivity index is 2.24. The number of unbranched alkanes of at least 4 members (excludes halogenated alkanes) is 1. The molecule has 0 saturated carbocycles. The van der Waals surface area contributed by atoms with Gasteiger partial charge >= 0.3 is 5.97 Å². The average Bonchev–Trinajstić information content (AvgIpc) is 2.86. The summed E-state index contributed by atoms with van der Waals surface area (Å²) < 4.78 is 6.32. The lowest BCUT2D eigenvalue weighted by Gasteiger charge is -2.05. The second-order valence-corrected chi connectivity index (χ2v) is 4.70. The first kappa shape index (κ1) is 14.2. The van der Waals surface area contributed by atoms with Gasteiger partial charge in [-0.05, 0) is 37.5 Å². The second kappa shape index (κ2) is 6.32. The highest BCUT2D eigenvalue weighted by Crippen LogP contribution is 2.15. The topological polar surface area (TPSA) is 57.0 Å². The normalized spacial score (nSPS) is 10.6. The minimum Gasteiger partial charge on any atom is -0.464 e. The molecule has 2 aromatic rings. The van der Waals surface area contributed by atoms with E-state index in [1.807, 2.05) is 12.1 Å². The first-order chi connectivity index (χ1) is 9.67. The van der Waals surface area contributed by atoms with Crippen LogP contribution in [0.25, 0.3) is 5.69 Å². The summed E-state index contributed by atoms with van der Waals surface area (Å²) in [7, 11) is 1.34. The number of aryl methyl sites for hydroxylation is 1. The molecule has 20 heavy (non-hydrogen) atoms. The molecular weight excluding hydrogens is 254 g/mol. The molecule has 0 fully saturated rings. The summed E-state index contributed by atoms with van der Waals surface area (Å²) >= 11 is 0. The first-order valence-corrected chi connectivity index (χ1v) is 6.77. The molecule has 1 aromatic heterocycles. The molecule has 0 radical (unpaired) electrons. The largest absolute Gasteiger partial charge is 0.464 e. The zero-order valence-corrected chi connectivity index (χ0v) is 12.1. The number of hydrogen-bond acceptors (Lipinski definition) is 4. The summed E-state index contributed by atoms with van der Waals surface area (Å²) in [6.07, 6.45) is 3.46. The van der Waals surface area contributed by atoms with Crippen LogP contribution >= 0.6 is 0 Å². The third-order valence-corrected chi connectivity index (χ3v) is 3.27. The minimum atomic E-state index is -0.465. The molecule has 1 heterocycles. The van der Waals surface area contributed by atoms with Crippen LogP contribution in [-0.4, -0.2) is 28.1 Å². The summed E-state index contributed by atoms with van der Waals surface area (Å²) in [6, 6.07) is 8.16. The molecule has 5 heteroatoms. The molecule has 0 aliphatic heterocycles. The van der Waals surface area contributed by atoms with Gasteiger partial charge in [0.1, 0.15) is 0 Å². The molecule has 0 spiro atoms. The van der Waals surface area contributed by atoms with Crippen molar-refractivity contribution in [3.8, 4) is 5.69 Å². The fourth-order valence-corrected chi connectivity index (χ4v) is 2.04. The molecule has 0 unspecified atom stereocenters. The van der Waals surface area contributed by atoms with Crippen LogP contribution in [0.15, 0.2) is 24.3 Å². The van der Waals surface area contributed by atoms with E-state index < -0.39 is 5.97 Å². The quantitative estimate of drug-likeness (QED) is 0.786. The number of methoxy groups -OCH3 is 1. The Morgan fingerprint density at radius 2 is 2.00 bits per heavy atom. The number of hydrogen-bond donors (Lipinski definition) is 0. The molecule has 0 N–H and O–H groups in total. The van der Waals surface area contributed by atoms with Crippen molar-refractivity contribution in [1.82, 2.24) is 15.0 Å². The summed E-state index contributed by atoms with van der Waals surface area (Å²) in [4.78, 5) is 11.5. The van der Waals surface area contributed by atoms with Gasteiger partial charge < -0.3 is 4.74 Å². The van der Waals surface area contributed by atoms with Gasteiger partial charge in [-0.3, -0.25) is 0 Å². The maximum absolute atomic E-state index is 11.5. The fraction of sp³-hybridized carbons (Fsp3) is 0.400. The molecular formula is C15H19N3O2. The third-order valence-electron chi connectivity index (χ3n) is 3.27. The molecule has 0 aliphatic carbocycles. The molecule has 1 aromatic carbocycles. The van der Waals surface area contributed by atoms with Gasteiger partial charge in [-0.25, -0.2) is 9.48 Å². The summed E-state index contributed by atoms with van der Waals surface area (Å²) in [5.41, 5.74) is 3.13. The highest BCUT2D eigenvalue weighted by Gasteiger charge is 2.17. The number of benzene rings is 1. The van der Waals surface area contributed by atoms with Crippen LogP contribution in [0, 0.1) is 6.92 Å². The highest BCUT2D eigenvalue weighted by molar-refractivity contribution is 5.88. The first-order valence-electron chi connectivity index (χ1n) is 6.77. The van der Waals surface area contributed by atoms with Crippen molar-refractivity contribution in [2.45, 2.75) is 33.1 Å². The number of carbonyl (C=O) groups excluding carboxylic acids is 1. The molecule has 106 valence electrons. The van der Waals surface area contributed by atoms with Gasteiger partial charge in [0, 0.05) is 0 Å². The Kier molecular flexibility index (Phi) is 4.50. The molecule has 2 rings (SSSR count). The Bertz CT molecular complexity index is 588. The van der Waals surface area contributed by atoms with E-state index in [4.69, 9.17) is 0 Å². The minimum absolute atomic E-state index is 0.252. The van der Waals surface area contributed by atoms with Gasteiger partial charge in [-0.15, -0.1) is 5.10 Å². The SMILES string of the molecule is CCCCc1ccc(-n2nnc(C(=O)OC)c2C)cc1. The number of esters is 1. The standard InChI is InChI=1S/C15H19N3O2/c1-4-5-6-12-7-9-13(10-8-12)18-11(2)14(16-17-18)15(19)20-3/h7-10H,4-6H2,1-3H3. The van der Waals surface area contributed by atoms with Crippen molar-refractivity contribution in [3.05, 3.63) is 41.2 Å². The lowest BCUT2D eigenvalue weighted by Crippen LogP contribution is -2.05. The number of carbonyl (C=O) groups is 1. The molecule has 0 bridgehead atoms. The van der Waals surface area contributed by atoms with Gasteiger partial charge in [0.15, 0.2) is 5.69 Å². The van der Waals surface area contributed by atoms with Crippen molar-refractivity contribution in [3.63, 3.8) is 0 Å². The fourth-order valence-electron chi connectivity index (χ4n) is 2.04. The Hall–Kier alpha value is -2.17. The maximum Gasteiger partial charge on any atom is 0.360 e. The van der Waals surface area contributed by atoms with Crippen molar-refractivity contribution < 1.29 is 9.53 Å². The van der Waals surface area contributed by atoms with Gasteiger partial charge in [-0.2, -0.15) is 0 Å².